The highest BCUT2D eigenvalue weighted by Crippen LogP contribution is 2.24. The molecule has 3 N–H and O–H groups in total. The third kappa shape index (κ3) is 4.84. The molecule has 0 aliphatic heterocycles. The second-order valence-corrected chi connectivity index (χ2v) is 5.85. The van der Waals surface area contributed by atoms with Gasteiger partial charge in [-0.25, -0.2) is 4.98 Å². The van der Waals surface area contributed by atoms with Gasteiger partial charge >= 0.3 is 0 Å². The van der Waals surface area contributed by atoms with Gasteiger partial charge < -0.3 is 11.1 Å². The lowest BCUT2D eigenvalue weighted by Crippen LogP contribution is -2.32. The third-order valence-electron chi connectivity index (χ3n) is 2.65. The summed E-state index contributed by atoms with van der Waals surface area (Å²) in [5, 5.41) is 2.83. The van der Waals surface area contributed by atoms with Gasteiger partial charge in [0.15, 0.2) is 0 Å². The fourth-order valence-corrected chi connectivity index (χ4v) is 1.86. The Hall–Kier alpha value is -1.42. The molecule has 0 fully saturated rings. The van der Waals surface area contributed by atoms with E-state index in [0.29, 0.717) is 12.4 Å². The van der Waals surface area contributed by atoms with E-state index in [1.165, 1.54) is 0 Å². The van der Waals surface area contributed by atoms with E-state index in [0.717, 1.165) is 12.1 Å². The lowest BCUT2D eigenvalue weighted by molar-refractivity contribution is -0.120. The van der Waals surface area contributed by atoms with E-state index >= 15 is 0 Å². The number of amides is 1. The molecule has 0 saturated heterocycles. The first-order valence-corrected chi connectivity index (χ1v) is 6.26. The molecular weight excluding hydrogens is 226 g/mol. The largest absolute Gasteiger partial charge is 0.330 e. The highest BCUT2D eigenvalue weighted by atomic mass is 16.1. The van der Waals surface area contributed by atoms with Gasteiger partial charge in [-0.1, -0.05) is 26.8 Å². The molecule has 1 aromatic heterocycles. The maximum Gasteiger partial charge on any atom is 0.229 e. The van der Waals surface area contributed by atoms with Gasteiger partial charge in [0.05, 0.1) is 5.92 Å². The molecule has 0 aliphatic rings. The van der Waals surface area contributed by atoms with E-state index < -0.39 is 0 Å². The minimum absolute atomic E-state index is 0.0504. The summed E-state index contributed by atoms with van der Waals surface area (Å²) in [4.78, 5) is 16.4. The molecule has 18 heavy (non-hydrogen) atoms. The van der Waals surface area contributed by atoms with Crippen LogP contribution in [0, 0.1) is 18.3 Å². The Morgan fingerprint density at radius 1 is 1.44 bits per heavy atom. The normalized spacial score (nSPS) is 13.2. The number of nitrogens with two attached hydrogens (primary N) is 1. The molecular formula is C14H23N3O. The van der Waals surface area contributed by atoms with E-state index in [9.17, 15) is 4.79 Å². The van der Waals surface area contributed by atoms with Gasteiger partial charge in [-0.2, -0.15) is 0 Å². The molecule has 1 unspecified atom stereocenters. The summed E-state index contributed by atoms with van der Waals surface area (Å²) in [6.45, 7) is 8.57. The van der Waals surface area contributed by atoms with Crippen molar-refractivity contribution in [1.82, 2.24) is 4.98 Å². The van der Waals surface area contributed by atoms with Crippen LogP contribution in [0.1, 0.15) is 32.9 Å². The third-order valence-corrected chi connectivity index (χ3v) is 2.65. The summed E-state index contributed by atoms with van der Waals surface area (Å²) in [5.74, 6) is 0.366. The van der Waals surface area contributed by atoms with Gasteiger partial charge in [-0.15, -0.1) is 0 Å². The van der Waals surface area contributed by atoms with Crippen LogP contribution < -0.4 is 11.1 Å². The molecule has 100 valence electrons. The van der Waals surface area contributed by atoms with Gasteiger partial charge in [0.25, 0.3) is 0 Å². The van der Waals surface area contributed by atoms with E-state index in [2.05, 4.69) is 31.1 Å². The van der Waals surface area contributed by atoms with Gasteiger partial charge in [-0.05, 0) is 30.9 Å². The molecule has 0 spiro atoms. The topological polar surface area (TPSA) is 68.0 Å². The van der Waals surface area contributed by atoms with E-state index in [1.54, 1.807) is 6.07 Å². The fraction of sp³-hybridized carbons (Fsp3) is 0.571. The Morgan fingerprint density at radius 3 is 2.61 bits per heavy atom. The van der Waals surface area contributed by atoms with Crippen molar-refractivity contribution in [3.8, 4) is 0 Å². The molecule has 4 heteroatoms. The zero-order chi connectivity index (χ0) is 13.8. The number of aryl methyl sites for hydroxylation is 1. The molecule has 1 heterocycles. The number of carbonyl (C=O) groups is 1. The Balaban J connectivity index is 2.68. The lowest BCUT2D eigenvalue weighted by atomic mass is 9.84. The first-order chi connectivity index (χ1) is 8.31. The maximum atomic E-state index is 12.1. The van der Waals surface area contributed by atoms with Crippen LogP contribution in [0.3, 0.4) is 0 Å². The standard InChI is InChI=1S/C14H23N3O/c1-10-6-5-7-12(16-10)17-13(18)11(9-15)8-14(2,3)4/h5-7,11H,8-9,15H2,1-4H3,(H,16,17,18). The Bertz CT molecular complexity index is 410. The second kappa shape index (κ2) is 5.96. The summed E-state index contributed by atoms with van der Waals surface area (Å²) in [7, 11) is 0. The van der Waals surface area contributed by atoms with E-state index in [-0.39, 0.29) is 17.2 Å². The average molecular weight is 249 g/mol. The van der Waals surface area contributed by atoms with E-state index in [1.807, 2.05) is 19.1 Å². The van der Waals surface area contributed by atoms with Crippen LogP contribution in [0.15, 0.2) is 18.2 Å². The van der Waals surface area contributed by atoms with Gasteiger partial charge in [0, 0.05) is 12.2 Å². The minimum atomic E-state index is -0.174. The Kier molecular flexibility index (Phi) is 4.84. The zero-order valence-corrected chi connectivity index (χ0v) is 11.7. The molecule has 4 nitrogen and oxygen atoms in total. The number of anilines is 1. The van der Waals surface area contributed by atoms with Crippen LogP contribution in [0.4, 0.5) is 5.82 Å². The van der Waals surface area contributed by atoms with Crippen molar-refractivity contribution in [1.29, 1.82) is 0 Å². The molecule has 0 bridgehead atoms. The first kappa shape index (κ1) is 14.6. The summed E-state index contributed by atoms with van der Waals surface area (Å²) in [6, 6.07) is 5.56. The number of aromatic nitrogens is 1. The molecule has 1 rings (SSSR count). The SMILES string of the molecule is Cc1cccc(NC(=O)C(CN)CC(C)(C)C)n1. The van der Waals surface area contributed by atoms with Crippen LogP contribution in [0.5, 0.6) is 0 Å². The molecule has 0 aromatic carbocycles. The molecule has 1 amide bonds. The molecule has 0 saturated carbocycles. The number of hydrogen-bond donors (Lipinski definition) is 2. The van der Waals surface area contributed by atoms with Crippen LogP contribution in [0.2, 0.25) is 0 Å². The smallest absolute Gasteiger partial charge is 0.229 e. The fourth-order valence-electron chi connectivity index (χ4n) is 1.86. The van der Waals surface area contributed by atoms with Crippen LogP contribution >= 0.6 is 0 Å². The zero-order valence-electron chi connectivity index (χ0n) is 11.7. The average Bonchev–Trinajstić information content (AvgIpc) is 2.24. The summed E-state index contributed by atoms with van der Waals surface area (Å²) < 4.78 is 0. The predicted molar refractivity (Wildman–Crippen MR) is 74.2 cm³/mol. The van der Waals surface area contributed by atoms with Crippen molar-refractivity contribution >= 4 is 11.7 Å². The highest BCUT2D eigenvalue weighted by molar-refractivity contribution is 5.91. The van der Waals surface area contributed by atoms with Crippen molar-refractivity contribution in [2.24, 2.45) is 17.1 Å². The van der Waals surface area contributed by atoms with Crippen LogP contribution in [0.25, 0.3) is 0 Å². The Labute approximate surface area is 109 Å². The molecule has 0 aliphatic carbocycles. The summed E-state index contributed by atoms with van der Waals surface area (Å²) >= 11 is 0. The molecule has 1 atom stereocenters. The number of rotatable bonds is 4. The van der Waals surface area contributed by atoms with E-state index in [4.69, 9.17) is 5.73 Å². The minimum Gasteiger partial charge on any atom is -0.330 e. The van der Waals surface area contributed by atoms with Gasteiger partial charge in [-0.3, -0.25) is 4.79 Å². The number of pyridine rings is 1. The summed E-state index contributed by atoms with van der Waals surface area (Å²) in [5.41, 5.74) is 6.65. The van der Waals surface area contributed by atoms with Gasteiger partial charge in [0.1, 0.15) is 5.82 Å². The quantitative estimate of drug-likeness (QED) is 0.860. The second-order valence-electron chi connectivity index (χ2n) is 5.85. The monoisotopic (exact) mass is 249 g/mol. The van der Waals surface area contributed by atoms with Crippen LogP contribution in [-0.2, 0) is 4.79 Å². The van der Waals surface area contributed by atoms with Crippen molar-refractivity contribution in [3.05, 3.63) is 23.9 Å². The number of hydrogen-bond acceptors (Lipinski definition) is 3. The number of carbonyl (C=O) groups excluding carboxylic acids is 1. The Morgan fingerprint density at radius 2 is 2.11 bits per heavy atom. The molecule has 1 aromatic rings. The lowest BCUT2D eigenvalue weighted by Gasteiger charge is -2.24. The van der Waals surface area contributed by atoms with Crippen molar-refractivity contribution < 1.29 is 4.79 Å². The van der Waals surface area contributed by atoms with Crippen molar-refractivity contribution in [3.63, 3.8) is 0 Å². The number of nitrogens with zero attached hydrogens (tertiary/aromatic N) is 1. The summed E-state index contributed by atoms with van der Waals surface area (Å²) in [6.07, 6.45) is 0.765. The maximum absolute atomic E-state index is 12.1. The number of nitrogens with one attached hydrogen (secondary N) is 1. The van der Waals surface area contributed by atoms with Crippen molar-refractivity contribution in [2.45, 2.75) is 34.1 Å². The molecule has 0 radical (unpaired) electrons. The first-order valence-electron chi connectivity index (χ1n) is 6.26. The van der Waals surface area contributed by atoms with Crippen LogP contribution in [-0.4, -0.2) is 17.4 Å². The van der Waals surface area contributed by atoms with Crippen molar-refractivity contribution in [2.75, 3.05) is 11.9 Å². The highest BCUT2D eigenvalue weighted by Gasteiger charge is 2.23. The predicted octanol–water partition coefficient (Wildman–Crippen LogP) is 2.34. The van der Waals surface area contributed by atoms with Gasteiger partial charge in [0.2, 0.25) is 5.91 Å².